The lowest BCUT2D eigenvalue weighted by molar-refractivity contribution is -0.163. The fraction of sp³-hybridized carbons (Fsp3) is 0.920. The van der Waals surface area contributed by atoms with Gasteiger partial charge in [-0.25, -0.2) is 0 Å². The summed E-state index contributed by atoms with van der Waals surface area (Å²) >= 11 is 0. The van der Waals surface area contributed by atoms with E-state index in [1.165, 1.54) is 57.8 Å². The van der Waals surface area contributed by atoms with E-state index in [0.29, 0.717) is 13.2 Å². The summed E-state index contributed by atoms with van der Waals surface area (Å²) in [6.45, 7) is 5.38. The van der Waals surface area contributed by atoms with Crippen LogP contribution in [0.4, 0.5) is 0 Å². The van der Waals surface area contributed by atoms with Crippen LogP contribution < -0.4 is 0 Å². The number of hydrogen-bond donors (Lipinski definition) is 0. The molecule has 0 aromatic heterocycles. The molecule has 0 bridgehead atoms. The summed E-state index contributed by atoms with van der Waals surface area (Å²) in [6, 6.07) is 0. The summed E-state index contributed by atoms with van der Waals surface area (Å²) in [6.07, 6.45) is 19.1. The molecule has 170 valence electrons. The van der Waals surface area contributed by atoms with Gasteiger partial charge in [0.1, 0.15) is 0 Å². The van der Waals surface area contributed by atoms with E-state index in [2.05, 4.69) is 13.8 Å². The Kier molecular flexibility index (Phi) is 15.9. The molecular weight excluding hydrogens is 364 g/mol. The Morgan fingerprint density at radius 1 is 0.586 bits per heavy atom. The van der Waals surface area contributed by atoms with Crippen LogP contribution in [0.25, 0.3) is 0 Å². The highest BCUT2D eigenvalue weighted by Gasteiger charge is 2.37. The van der Waals surface area contributed by atoms with Gasteiger partial charge in [-0.2, -0.15) is 0 Å². The van der Waals surface area contributed by atoms with Crippen molar-refractivity contribution >= 4 is 11.9 Å². The maximum Gasteiger partial charge on any atom is 0.309 e. The second-order valence-electron chi connectivity index (χ2n) is 8.72. The third kappa shape index (κ3) is 12.3. The van der Waals surface area contributed by atoms with E-state index in [-0.39, 0.29) is 23.8 Å². The first kappa shape index (κ1) is 26.0. The van der Waals surface area contributed by atoms with Gasteiger partial charge in [0.25, 0.3) is 0 Å². The zero-order chi connectivity index (χ0) is 21.2. The van der Waals surface area contributed by atoms with Crippen molar-refractivity contribution in [3.63, 3.8) is 0 Å². The molecule has 1 aliphatic rings. The molecule has 4 heteroatoms. The quantitative estimate of drug-likeness (QED) is 0.191. The highest BCUT2D eigenvalue weighted by atomic mass is 16.5. The Morgan fingerprint density at radius 2 is 0.931 bits per heavy atom. The van der Waals surface area contributed by atoms with Crippen LogP contribution in [0.2, 0.25) is 0 Å². The number of carbonyl (C=O) groups is 2. The molecule has 1 aliphatic carbocycles. The maximum atomic E-state index is 12.5. The van der Waals surface area contributed by atoms with Crippen LogP contribution in [0.3, 0.4) is 0 Å². The second kappa shape index (κ2) is 17.8. The van der Waals surface area contributed by atoms with Crippen molar-refractivity contribution in [1.82, 2.24) is 0 Å². The predicted molar refractivity (Wildman–Crippen MR) is 119 cm³/mol. The Hall–Kier alpha value is -1.06. The molecule has 0 saturated heterocycles. The standard InChI is InChI=1S/C25H46O4/c1-3-5-7-9-10-11-12-13-17-21-29-25(27)23-19-15-14-18-22(23)24(26)28-20-16-8-6-4-2/h22-23H,3-21H2,1-2H3. The molecule has 0 radical (unpaired) electrons. The van der Waals surface area contributed by atoms with Crippen LogP contribution in [0.15, 0.2) is 0 Å². The van der Waals surface area contributed by atoms with Gasteiger partial charge in [0.15, 0.2) is 0 Å². The zero-order valence-electron chi connectivity index (χ0n) is 19.2. The first-order valence-corrected chi connectivity index (χ1v) is 12.5. The van der Waals surface area contributed by atoms with E-state index < -0.39 is 0 Å². The van der Waals surface area contributed by atoms with Gasteiger partial charge in [-0.15, -0.1) is 0 Å². The smallest absolute Gasteiger partial charge is 0.309 e. The summed E-state index contributed by atoms with van der Waals surface area (Å²) in [4.78, 5) is 25.0. The van der Waals surface area contributed by atoms with Crippen LogP contribution in [-0.4, -0.2) is 25.2 Å². The molecule has 2 atom stereocenters. The second-order valence-corrected chi connectivity index (χ2v) is 8.72. The fourth-order valence-electron chi connectivity index (χ4n) is 4.20. The molecule has 0 heterocycles. The van der Waals surface area contributed by atoms with Crippen molar-refractivity contribution in [3.8, 4) is 0 Å². The number of ether oxygens (including phenoxy) is 2. The van der Waals surface area contributed by atoms with Gasteiger partial charge in [0, 0.05) is 0 Å². The van der Waals surface area contributed by atoms with Gasteiger partial charge in [0.05, 0.1) is 25.0 Å². The van der Waals surface area contributed by atoms with Crippen molar-refractivity contribution in [2.45, 2.75) is 123 Å². The van der Waals surface area contributed by atoms with Gasteiger partial charge in [-0.1, -0.05) is 97.3 Å². The normalized spacial score (nSPS) is 19.1. The Morgan fingerprint density at radius 3 is 1.34 bits per heavy atom. The largest absolute Gasteiger partial charge is 0.465 e. The SMILES string of the molecule is CCCCCCCCCCCOC(=O)C1CCCCC1C(=O)OCCCCCC. The Labute approximate surface area is 179 Å². The van der Waals surface area contributed by atoms with Crippen molar-refractivity contribution in [2.24, 2.45) is 11.8 Å². The molecule has 29 heavy (non-hydrogen) atoms. The van der Waals surface area contributed by atoms with E-state index in [4.69, 9.17) is 9.47 Å². The van der Waals surface area contributed by atoms with Gasteiger partial charge in [0.2, 0.25) is 0 Å². The Balaban J connectivity index is 2.17. The topological polar surface area (TPSA) is 52.6 Å². The maximum absolute atomic E-state index is 12.5. The molecule has 0 aromatic rings. The van der Waals surface area contributed by atoms with E-state index >= 15 is 0 Å². The minimum atomic E-state index is -0.301. The molecule has 0 N–H and O–H groups in total. The van der Waals surface area contributed by atoms with Crippen LogP contribution in [0.1, 0.15) is 123 Å². The number of hydrogen-bond acceptors (Lipinski definition) is 4. The molecule has 1 saturated carbocycles. The summed E-state index contributed by atoms with van der Waals surface area (Å²) in [5, 5.41) is 0. The molecule has 2 unspecified atom stereocenters. The molecule has 1 fully saturated rings. The van der Waals surface area contributed by atoms with Crippen molar-refractivity contribution in [1.29, 1.82) is 0 Å². The third-order valence-corrected chi connectivity index (χ3v) is 6.11. The van der Waals surface area contributed by atoms with Crippen LogP contribution in [0.5, 0.6) is 0 Å². The molecule has 4 nitrogen and oxygen atoms in total. The van der Waals surface area contributed by atoms with Gasteiger partial charge in [-0.3, -0.25) is 9.59 Å². The zero-order valence-corrected chi connectivity index (χ0v) is 19.2. The van der Waals surface area contributed by atoms with E-state index in [0.717, 1.165) is 51.4 Å². The minimum absolute atomic E-state index is 0.183. The summed E-state index contributed by atoms with van der Waals surface area (Å²) < 4.78 is 11.0. The molecule has 0 amide bonds. The van der Waals surface area contributed by atoms with Crippen molar-refractivity contribution in [3.05, 3.63) is 0 Å². The molecular formula is C25H46O4. The Bertz CT molecular complexity index is 421. The average molecular weight is 411 g/mol. The summed E-state index contributed by atoms with van der Waals surface area (Å²) in [5.74, 6) is -0.973. The molecule has 1 rings (SSSR count). The number of unbranched alkanes of at least 4 members (excludes halogenated alkanes) is 11. The monoisotopic (exact) mass is 410 g/mol. The number of esters is 2. The van der Waals surface area contributed by atoms with Crippen molar-refractivity contribution < 1.29 is 19.1 Å². The minimum Gasteiger partial charge on any atom is -0.465 e. The third-order valence-electron chi connectivity index (χ3n) is 6.11. The highest BCUT2D eigenvalue weighted by molar-refractivity contribution is 5.82. The summed E-state index contributed by atoms with van der Waals surface area (Å²) in [7, 11) is 0. The van der Waals surface area contributed by atoms with Crippen LogP contribution in [0, 0.1) is 11.8 Å². The molecule has 0 aromatic carbocycles. The lowest BCUT2D eigenvalue weighted by Gasteiger charge is -2.28. The van der Waals surface area contributed by atoms with Gasteiger partial charge >= 0.3 is 11.9 Å². The van der Waals surface area contributed by atoms with Gasteiger partial charge in [-0.05, 0) is 25.7 Å². The lowest BCUT2D eigenvalue weighted by atomic mass is 9.79. The predicted octanol–water partition coefficient (Wildman–Crippen LogP) is 6.99. The van der Waals surface area contributed by atoms with Crippen LogP contribution >= 0.6 is 0 Å². The van der Waals surface area contributed by atoms with Crippen LogP contribution in [-0.2, 0) is 19.1 Å². The average Bonchev–Trinajstić information content (AvgIpc) is 2.74. The lowest BCUT2D eigenvalue weighted by Crippen LogP contribution is -2.35. The number of carbonyl (C=O) groups excluding carboxylic acids is 2. The molecule has 0 aliphatic heterocycles. The molecule has 0 spiro atoms. The summed E-state index contributed by atoms with van der Waals surface area (Å²) in [5.41, 5.74) is 0. The first-order chi connectivity index (χ1) is 14.2. The van der Waals surface area contributed by atoms with Crippen molar-refractivity contribution in [2.75, 3.05) is 13.2 Å². The number of rotatable bonds is 17. The fourth-order valence-corrected chi connectivity index (χ4v) is 4.20. The van der Waals surface area contributed by atoms with Gasteiger partial charge < -0.3 is 9.47 Å². The highest BCUT2D eigenvalue weighted by Crippen LogP contribution is 2.32. The first-order valence-electron chi connectivity index (χ1n) is 12.5. The van der Waals surface area contributed by atoms with E-state index in [9.17, 15) is 9.59 Å². The van der Waals surface area contributed by atoms with E-state index in [1.54, 1.807) is 0 Å². The van der Waals surface area contributed by atoms with E-state index in [1.807, 2.05) is 0 Å².